The summed E-state index contributed by atoms with van der Waals surface area (Å²) in [5, 5.41) is 17.4. The first-order valence-corrected chi connectivity index (χ1v) is 5.20. The van der Waals surface area contributed by atoms with Gasteiger partial charge in [-0.15, -0.1) is 0 Å². The molecule has 0 spiro atoms. The Balaban J connectivity index is 4.36. The van der Waals surface area contributed by atoms with Crippen LogP contribution in [0.2, 0.25) is 0 Å². The van der Waals surface area contributed by atoms with Crippen LogP contribution in [0.25, 0.3) is 0 Å². The number of carbonyl (C=O) groups is 3. The van der Waals surface area contributed by atoms with E-state index in [1.807, 2.05) is 6.92 Å². The third kappa shape index (κ3) is 5.70. The molecule has 0 aliphatic heterocycles. The van der Waals surface area contributed by atoms with E-state index in [0.717, 1.165) is 6.42 Å². The summed E-state index contributed by atoms with van der Waals surface area (Å²) >= 11 is 0. The maximum absolute atomic E-state index is 11.2. The van der Waals surface area contributed by atoms with Crippen LogP contribution >= 0.6 is 0 Å². The van der Waals surface area contributed by atoms with Crippen molar-refractivity contribution in [3.8, 4) is 0 Å². The molecule has 0 rings (SSSR count). The van der Waals surface area contributed by atoms with Gasteiger partial charge in [0.2, 0.25) is 0 Å². The molecule has 1 unspecified atom stereocenters. The monoisotopic (exact) mass is 244 g/mol. The first-order chi connectivity index (χ1) is 7.90. The van der Waals surface area contributed by atoms with Crippen LogP contribution in [0.15, 0.2) is 12.2 Å². The minimum absolute atomic E-state index is 0.210. The van der Waals surface area contributed by atoms with Crippen molar-refractivity contribution < 1.29 is 29.3 Å². The molecule has 0 saturated heterocycles. The van der Waals surface area contributed by atoms with E-state index in [1.165, 1.54) is 0 Å². The van der Waals surface area contributed by atoms with E-state index in [2.05, 4.69) is 6.58 Å². The highest BCUT2D eigenvalue weighted by Gasteiger charge is 2.28. The van der Waals surface area contributed by atoms with E-state index in [1.54, 1.807) is 0 Å². The molecule has 0 bridgehead atoms. The van der Waals surface area contributed by atoms with Crippen molar-refractivity contribution in [2.24, 2.45) is 5.92 Å². The Bertz CT molecular complexity index is 320. The van der Waals surface area contributed by atoms with Gasteiger partial charge in [0.15, 0.2) is 0 Å². The Kier molecular flexibility index (Phi) is 6.62. The number of carboxylic acids is 2. The number of hydrogen-bond donors (Lipinski definition) is 2. The largest absolute Gasteiger partial charge is 0.481 e. The molecule has 0 aromatic rings. The molecule has 0 aromatic heterocycles. The summed E-state index contributed by atoms with van der Waals surface area (Å²) in [6, 6.07) is 0. The van der Waals surface area contributed by atoms with Crippen molar-refractivity contribution in [3.63, 3.8) is 0 Å². The van der Waals surface area contributed by atoms with E-state index < -0.39 is 35.8 Å². The van der Waals surface area contributed by atoms with Crippen LogP contribution in [0, 0.1) is 5.92 Å². The number of esters is 1. The predicted molar refractivity (Wildman–Crippen MR) is 58.4 cm³/mol. The fourth-order valence-corrected chi connectivity index (χ4v) is 1.06. The Morgan fingerprint density at radius 1 is 1.29 bits per heavy atom. The fourth-order valence-electron chi connectivity index (χ4n) is 1.06. The summed E-state index contributed by atoms with van der Waals surface area (Å²) in [6.07, 6.45) is 1.02. The maximum atomic E-state index is 11.2. The molecular weight excluding hydrogens is 228 g/mol. The molecule has 0 aliphatic carbocycles. The first-order valence-electron chi connectivity index (χ1n) is 5.20. The first kappa shape index (κ1) is 15.2. The van der Waals surface area contributed by atoms with Crippen molar-refractivity contribution >= 4 is 17.9 Å². The van der Waals surface area contributed by atoms with Gasteiger partial charge in [0, 0.05) is 5.57 Å². The highest BCUT2D eigenvalue weighted by molar-refractivity contribution is 5.95. The standard InChI is InChI=1S/C11H16O6/c1-3-4-5-17-9(12)6-8(11(15)16)7(2)10(13)14/h8H,2-6H2,1H3,(H,13,14)(H,15,16). The Hall–Kier alpha value is -1.85. The zero-order valence-corrected chi connectivity index (χ0v) is 9.64. The summed E-state index contributed by atoms with van der Waals surface area (Å²) in [5.41, 5.74) is -0.523. The average Bonchev–Trinajstić information content (AvgIpc) is 2.24. The van der Waals surface area contributed by atoms with E-state index in [0.29, 0.717) is 6.42 Å². The van der Waals surface area contributed by atoms with E-state index in [9.17, 15) is 14.4 Å². The Morgan fingerprint density at radius 2 is 1.88 bits per heavy atom. The Morgan fingerprint density at radius 3 is 2.29 bits per heavy atom. The lowest BCUT2D eigenvalue weighted by atomic mass is 9.97. The van der Waals surface area contributed by atoms with Crippen LogP contribution < -0.4 is 0 Å². The summed E-state index contributed by atoms with van der Waals surface area (Å²) in [4.78, 5) is 32.6. The molecule has 0 aliphatic rings. The smallest absolute Gasteiger partial charge is 0.331 e. The molecule has 0 fully saturated rings. The van der Waals surface area contributed by atoms with Crippen LogP contribution in [0.1, 0.15) is 26.2 Å². The number of ether oxygens (including phenoxy) is 1. The van der Waals surface area contributed by atoms with Gasteiger partial charge in [-0.1, -0.05) is 19.9 Å². The summed E-state index contributed by atoms with van der Waals surface area (Å²) < 4.78 is 4.76. The second kappa shape index (κ2) is 7.43. The zero-order chi connectivity index (χ0) is 13.4. The van der Waals surface area contributed by atoms with Crippen molar-refractivity contribution in [1.29, 1.82) is 0 Å². The van der Waals surface area contributed by atoms with Crippen LogP contribution in [0.4, 0.5) is 0 Å². The SMILES string of the molecule is C=C(C(=O)O)C(CC(=O)OCCCC)C(=O)O. The Labute approximate surface area is 98.9 Å². The van der Waals surface area contributed by atoms with Crippen LogP contribution in [-0.4, -0.2) is 34.7 Å². The van der Waals surface area contributed by atoms with E-state index >= 15 is 0 Å². The van der Waals surface area contributed by atoms with Crippen molar-refractivity contribution in [2.75, 3.05) is 6.61 Å². The average molecular weight is 244 g/mol. The highest BCUT2D eigenvalue weighted by Crippen LogP contribution is 2.15. The molecule has 0 heterocycles. The molecule has 0 amide bonds. The van der Waals surface area contributed by atoms with Crippen LogP contribution in [-0.2, 0) is 19.1 Å². The lowest BCUT2D eigenvalue weighted by Gasteiger charge is -2.11. The van der Waals surface area contributed by atoms with Gasteiger partial charge in [0.1, 0.15) is 0 Å². The molecule has 0 radical (unpaired) electrons. The second-order valence-corrected chi connectivity index (χ2v) is 3.50. The number of rotatable bonds is 8. The maximum Gasteiger partial charge on any atom is 0.331 e. The third-order valence-corrected chi connectivity index (χ3v) is 2.13. The quantitative estimate of drug-likeness (QED) is 0.376. The molecular formula is C11H16O6. The zero-order valence-electron chi connectivity index (χ0n) is 9.64. The van der Waals surface area contributed by atoms with E-state index in [-0.39, 0.29) is 6.61 Å². The fraction of sp³-hybridized carbons (Fsp3) is 0.545. The van der Waals surface area contributed by atoms with Gasteiger partial charge < -0.3 is 14.9 Å². The minimum atomic E-state index is -1.44. The number of carbonyl (C=O) groups excluding carboxylic acids is 1. The predicted octanol–water partition coefficient (Wildman–Crippen LogP) is 1.06. The van der Waals surface area contributed by atoms with E-state index in [4.69, 9.17) is 14.9 Å². The summed E-state index contributed by atoms with van der Waals surface area (Å²) in [6.45, 7) is 5.26. The molecule has 6 heteroatoms. The van der Waals surface area contributed by atoms with Gasteiger partial charge in [-0.05, 0) is 6.42 Å². The van der Waals surface area contributed by atoms with Gasteiger partial charge in [-0.2, -0.15) is 0 Å². The van der Waals surface area contributed by atoms with Crippen LogP contribution in [0.3, 0.4) is 0 Å². The third-order valence-electron chi connectivity index (χ3n) is 2.13. The lowest BCUT2D eigenvalue weighted by molar-refractivity contribution is -0.151. The molecule has 96 valence electrons. The number of unbranched alkanes of at least 4 members (excludes halogenated alkanes) is 1. The van der Waals surface area contributed by atoms with Crippen molar-refractivity contribution in [2.45, 2.75) is 26.2 Å². The van der Waals surface area contributed by atoms with Gasteiger partial charge in [0.25, 0.3) is 0 Å². The van der Waals surface area contributed by atoms with Gasteiger partial charge in [-0.25, -0.2) is 4.79 Å². The second-order valence-electron chi connectivity index (χ2n) is 3.50. The number of hydrogen-bond acceptors (Lipinski definition) is 4. The number of aliphatic carboxylic acids is 2. The van der Waals surface area contributed by atoms with Crippen molar-refractivity contribution in [3.05, 3.63) is 12.2 Å². The van der Waals surface area contributed by atoms with Gasteiger partial charge >= 0.3 is 17.9 Å². The topological polar surface area (TPSA) is 101 Å². The summed E-state index contributed by atoms with van der Waals surface area (Å²) in [7, 11) is 0. The minimum Gasteiger partial charge on any atom is -0.481 e. The van der Waals surface area contributed by atoms with Gasteiger partial charge in [-0.3, -0.25) is 9.59 Å². The molecule has 17 heavy (non-hydrogen) atoms. The molecule has 0 aromatic carbocycles. The highest BCUT2D eigenvalue weighted by atomic mass is 16.5. The molecule has 1 atom stereocenters. The normalized spacial score (nSPS) is 11.6. The molecule has 0 saturated carbocycles. The summed E-state index contributed by atoms with van der Waals surface area (Å²) in [5.74, 6) is -5.00. The number of carboxylic acid groups (broad SMARTS) is 2. The van der Waals surface area contributed by atoms with Crippen LogP contribution in [0.5, 0.6) is 0 Å². The lowest BCUT2D eigenvalue weighted by Crippen LogP contribution is -2.24. The van der Waals surface area contributed by atoms with Gasteiger partial charge in [0.05, 0.1) is 18.9 Å². The van der Waals surface area contributed by atoms with Crippen molar-refractivity contribution in [1.82, 2.24) is 0 Å². The molecule has 2 N–H and O–H groups in total. The molecule has 6 nitrogen and oxygen atoms in total.